The number of rotatable bonds is 8. The summed E-state index contributed by atoms with van der Waals surface area (Å²) in [6.45, 7) is 15.6. The van der Waals surface area contributed by atoms with E-state index in [-0.39, 0.29) is 34.4 Å². The van der Waals surface area contributed by atoms with Crippen LogP contribution in [0.5, 0.6) is 0 Å². The molecule has 7 nitrogen and oxygen atoms in total. The van der Waals surface area contributed by atoms with Crippen molar-refractivity contribution in [3.8, 4) is 0 Å². The molecule has 0 amide bonds. The average Bonchev–Trinajstić information content (AvgIpc) is 3.77. The monoisotopic (exact) mass is 588 g/mol. The number of ether oxygens (including phenoxy) is 1. The van der Waals surface area contributed by atoms with Crippen LogP contribution in [0.25, 0.3) is 0 Å². The predicted molar refractivity (Wildman–Crippen MR) is 167 cm³/mol. The molecular weight excluding hydrogens is 543 g/mol. The van der Waals surface area contributed by atoms with E-state index in [1.807, 2.05) is 6.34 Å². The largest absolute Gasteiger partial charge is 0.468 e. The molecule has 3 heterocycles. The van der Waals surface area contributed by atoms with Crippen molar-refractivity contribution in [1.82, 2.24) is 16.0 Å². The first-order valence-corrected chi connectivity index (χ1v) is 15.5. The molecule has 5 aliphatic rings. The van der Waals surface area contributed by atoms with E-state index in [1.165, 1.54) is 25.7 Å². The molecule has 2 fully saturated rings. The van der Waals surface area contributed by atoms with Gasteiger partial charge in [0.1, 0.15) is 5.84 Å². The Hall–Kier alpha value is -1.99. The lowest BCUT2D eigenvalue weighted by Gasteiger charge is -2.41. The summed E-state index contributed by atoms with van der Waals surface area (Å²) >= 11 is 14.3. The lowest BCUT2D eigenvalue weighted by atomic mass is 9.75. The first-order valence-electron chi connectivity index (χ1n) is 14.7. The third-order valence-electron chi connectivity index (χ3n) is 8.71. The van der Waals surface area contributed by atoms with E-state index in [2.05, 4.69) is 75.5 Å². The Bertz CT molecular complexity index is 1210. The minimum atomic E-state index is -0.251. The number of nitrogens with one attached hydrogen (secondary N) is 3. The van der Waals surface area contributed by atoms with Gasteiger partial charge in [-0.3, -0.25) is 4.99 Å². The summed E-state index contributed by atoms with van der Waals surface area (Å²) in [7, 11) is 1.66. The van der Waals surface area contributed by atoms with Crippen molar-refractivity contribution in [3.63, 3.8) is 0 Å². The second-order valence-electron chi connectivity index (χ2n) is 14.6. The van der Waals surface area contributed by atoms with Crippen LogP contribution < -0.4 is 16.0 Å². The maximum Gasteiger partial charge on any atom is 0.289 e. The topological polar surface area (TPSA) is 82.4 Å². The molecule has 9 heteroatoms. The summed E-state index contributed by atoms with van der Waals surface area (Å²) in [6.07, 6.45) is 10.3. The highest BCUT2D eigenvalue weighted by Crippen LogP contribution is 2.47. The van der Waals surface area contributed by atoms with Crippen molar-refractivity contribution in [2.24, 2.45) is 43.1 Å². The second kappa shape index (κ2) is 10.7. The lowest BCUT2D eigenvalue weighted by molar-refractivity contribution is 0.279. The molecule has 0 saturated heterocycles. The average molecular weight is 590 g/mol. The van der Waals surface area contributed by atoms with Gasteiger partial charge in [-0.2, -0.15) is 0 Å². The van der Waals surface area contributed by atoms with E-state index in [1.54, 1.807) is 7.11 Å². The highest BCUT2D eigenvalue weighted by molar-refractivity contribution is 6.31. The molecule has 0 radical (unpaired) electrons. The first-order chi connectivity index (χ1) is 18.7. The smallest absolute Gasteiger partial charge is 0.289 e. The standard InChI is InChI=1S/C31H46Cl2N6O/c1-29(2,3)21-13-19(36-28(38-21)40-8)14-30(4,5)26-22(32)20(37-27(39-26)18-11-12-18)15-31(6,7)25-23(33)24(17-9-10-17)34-16-35-25/h13,16-18,21,25-26H,9-12,14-15H2,1-8H3,(H,34,35)(H,36,38)(H,37,39). The summed E-state index contributed by atoms with van der Waals surface area (Å²) in [4.78, 5) is 14.6. The van der Waals surface area contributed by atoms with Crippen LogP contribution in [0, 0.1) is 28.1 Å². The molecule has 3 N–H and O–H groups in total. The van der Waals surface area contributed by atoms with Crippen LogP contribution in [0.3, 0.4) is 0 Å². The van der Waals surface area contributed by atoms with Crippen LogP contribution in [0.15, 0.2) is 48.2 Å². The first kappa shape index (κ1) is 29.5. The van der Waals surface area contributed by atoms with Crippen molar-refractivity contribution in [2.75, 3.05) is 7.11 Å². The van der Waals surface area contributed by atoms with Crippen LogP contribution in [-0.2, 0) is 4.74 Å². The second-order valence-corrected chi connectivity index (χ2v) is 15.4. The third kappa shape index (κ3) is 6.25. The number of methoxy groups -OCH3 is 1. The van der Waals surface area contributed by atoms with Crippen molar-refractivity contribution in [1.29, 1.82) is 0 Å². The molecule has 3 unspecified atom stereocenters. The van der Waals surface area contributed by atoms with Crippen molar-refractivity contribution >= 4 is 41.4 Å². The zero-order valence-corrected chi connectivity index (χ0v) is 26.8. The molecule has 2 aliphatic carbocycles. The molecule has 0 spiro atoms. The molecule has 0 aromatic carbocycles. The Kier molecular flexibility index (Phi) is 7.88. The SMILES string of the molecule is COC1=NC(C(C)(C)C)C=C(CC(C)(C)C2N=C(C3CC3)NC(CC(C)(C)C3NC=NC(C4CC4)=C3Cl)=C2Cl)N1. The molecule has 5 rings (SSSR count). The Morgan fingerprint density at radius 2 is 1.55 bits per heavy atom. The van der Waals surface area contributed by atoms with Gasteiger partial charge in [0, 0.05) is 23.2 Å². The van der Waals surface area contributed by atoms with Crippen LogP contribution in [0.4, 0.5) is 0 Å². The zero-order chi connectivity index (χ0) is 29.0. The molecule has 2 saturated carbocycles. The van der Waals surface area contributed by atoms with Gasteiger partial charge in [-0.1, -0.05) is 71.7 Å². The van der Waals surface area contributed by atoms with Crippen molar-refractivity contribution in [2.45, 2.75) is 105 Å². The quantitative estimate of drug-likeness (QED) is 0.290. The molecule has 0 bridgehead atoms. The molecular formula is C31H46Cl2N6O. The maximum atomic E-state index is 7.30. The zero-order valence-electron chi connectivity index (χ0n) is 25.3. The summed E-state index contributed by atoms with van der Waals surface area (Å²) in [5.41, 5.74) is 2.73. The minimum Gasteiger partial charge on any atom is -0.468 e. The van der Waals surface area contributed by atoms with Crippen molar-refractivity contribution in [3.05, 3.63) is 33.2 Å². The van der Waals surface area contributed by atoms with Gasteiger partial charge in [-0.15, -0.1) is 0 Å². The molecule has 220 valence electrons. The van der Waals surface area contributed by atoms with E-state index in [9.17, 15) is 0 Å². The van der Waals surface area contributed by atoms with E-state index in [4.69, 9.17) is 37.9 Å². The number of allylic oxidation sites excluding steroid dienone is 3. The Balaban J connectivity index is 1.41. The normalized spacial score (nSPS) is 27.9. The molecule has 0 aromatic rings. The van der Waals surface area contributed by atoms with Gasteiger partial charge in [0.15, 0.2) is 0 Å². The number of halogens is 2. The number of hydrogen-bond acceptors (Lipinski definition) is 7. The fraction of sp³-hybridized carbons (Fsp3) is 0.710. The van der Waals surface area contributed by atoms with Crippen LogP contribution in [-0.4, -0.2) is 43.4 Å². The van der Waals surface area contributed by atoms with Gasteiger partial charge < -0.3 is 20.7 Å². The number of nitrogens with zero attached hydrogens (tertiary/aromatic N) is 3. The van der Waals surface area contributed by atoms with Gasteiger partial charge in [0.05, 0.1) is 47.3 Å². The molecule has 3 atom stereocenters. The maximum absolute atomic E-state index is 7.30. The summed E-state index contributed by atoms with van der Waals surface area (Å²) in [5, 5.41) is 12.2. The summed E-state index contributed by atoms with van der Waals surface area (Å²) in [6, 6.07) is 0.406. The van der Waals surface area contributed by atoms with Crippen LogP contribution in [0.2, 0.25) is 0 Å². The Morgan fingerprint density at radius 1 is 0.875 bits per heavy atom. The molecule has 0 aromatic heterocycles. The van der Waals surface area contributed by atoms with E-state index in [0.29, 0.717) is 17.9 Å². The van der Waals surface area contributed by atoms with Crippen LogP contribution in [0.1, 0.15) is 87.0 Å². The van der Waals surface area contributed by atoms with Crippen LogP contribution >= 0.6 is 23.2 Å². The summed E-state index contributed by atoms with van der Waals surface area (Å²) < 4.78 is 5.54. The van der Waals surface area contributed by atoms with E-state index < -0.39 is 0 Å². The van der Waals surface area contributed by atoms with E-state index in [0.717, 1.165) is 45.8 Å². The number of hydrogen-bond donors (Lipinski definition) is 3. The highest BCUT2D eigenvalue weighted by Gasteiger charge is 2.44. The predicted octanol–water partition coefficient (Wildman–Crippen LogP) is 6.81. The van der Waals surface area contributed by atoms with Gasteiger partial charge >= 0.3 is 0 Å². The van der Waals surface area contributed by atoms with Gasteiger partial charge in [0.25, 0.3) is 6.02 Å². The highest BCUT2D eigenvalue weighted by atomic mass is 35.5. The Morgan fingerprint density at radius 3 is 2.15 bits per heavy atom. The minimum absolute atomic E-state index is 0.0173. The fourth-order valence-electron chi connectivity index (χ4n) is 5.87. The lowest BCUT2D eigenvalue weighted by Crippen LogP contribution is -2.47. The van der Waals surface area contributed by atoms with Gasteiger partial charge in [0.2, 0.25) is 0 Å². The molecule has 3 aliphatic heterocycles. The molecule has 40 heavy (non-hydrogen) atoms. The van der Waals surface area contributed by atoms with E-state index >= 15 is 0 Å². The van der Waals surface area contributed by atoms with Crippen molar-refractivity contribution < 1.29 is 4.74 Å². The third-order valence-corrected chi connectivity index (χ3v) is 9.56. The fourth-order valence-corrected chi connectivity index (χ4v) is 6.89. The van der Waals surface area contributed by atoms with Gasteiger partial charge in [-0.05, 0) is 60.8 Å². The number of amidine groups is 2. The van der Waals surface area contributed by atoms with Gasteiger partial charge in [-0.25, -0.2) is 9.98 Å². The summed E-state index contributed by atoms with van der Waals surface area (Å²) in [5.74, 6) is 2.06. The number of aliphatic imine (C=N–C) groups is 3. The Labute approximate surface area is 250 Å².